The molecule has 0 aliphatic carbocycles. The minimum absolute atomic E-state index is 0.0773. The molecule has 0 heterocycles. The number of carbonyl (C=O) groups excluding carboxylic acids is 4. The highest BCUT2D eigenvalue weighted by atomic mass is 79.9. The Bertz CT molecular complexity index is 1680. The molecule has 0 bridgehead atoms. The van der Waals surface area contributed by atoms with Crippen molar-refractivity contribution in [3.05, 3.63) is 107 Å². The van der Waals surface area contributed by atoms with E-state index in [1.54, 1.807) is 13.8 Å². The van der Waals surface area contributed by atoms with Crippen molar-refractivity contribution in [3.8, 4) is 34.1 Å². The lowest BCUT2D eigenvalue weighted by atomic mass is 9.94. The van der Waals surface area contributed by atoms with Gasteiger partial charge in [0.05, 0.1) is 27.4 Å². The Labute approximate surface area is 307 Å². The molecule has 262 valence electrons. The first-order valence-corrected chi connectivity index (χ1v) is 17.4. The first kappa shape index (κ1) is 38.1. The standard InChI is InChI=1S/C38H36Br2O10/c1-5-47-37(43)31(39)33(41)25-17-27(35(29(19-25)45-3)49-21-23-13-9-7-10-14-23)28-18-26(34(42)32(40)38(44)48-6-2)20-30(46-4)36(28)50-22-24-15-11-8-12-16-24/h7-20,31-32H,5-6,21-22H2,1-4H3. The Morgan fingerprint density at radius 3 is 1.26 bits per heavy atom. The molecule has 0 amide bonds. The van der Waals surface area contributed by atoms with E-state index >= 15 is 0 Å². The number of carbonyl (C=O) groups is 4. The number of esters is 2. The highest BCUT2D eigenvalue weighted by molar-refractivity contribution is 9.10. The van der Waals surface area contributed by atoms with Gasteiger partial charge >= 0.3 is 11.9 Å². The third kappa shape index (κ3) is 9.30. The number of ether oxygens (including phenoxy) is 6. The van der Waals surface area contributed by atoms with Gasteiger partial charge in [0, 0.05) is 22.3 Å². The number of benzene rings is 4. The summed E-state index contributed by atoms with van der Waals surface area (Å²) >= 11 is 6.36. The van der Waals surface area contributed by atoms with Crippen LogP contribution in [-0.2, 0) is 32.3 Å². The minimum Gasteiger partial charge on any atom is -0.493 e. The lowest BCUT2D eigenvalue weighted by molar-refractivity contribution is -0.142. The molecule has 50 heavy (non-hydrogen) atoms. The van der Waals surface area contributed by atoms with Gasteiger partial charge in [0.1, 0.15) is 13.2 Å². The van der Waals surface area contributed by atoms with Crippen molar-refractivity contribution in [2.24, 2.45) is 0 Å². The molecule has 0 fully saturated rings. The molecule has 12 heteroatoms. The van der Waals surface area contributed by atoms with Crippen LogP contribution in [0.1, 0.15) is 45.7 Å². The summed E-state index contributed by atoms with van der Waals surface area (Å²) in [5.41, 5.74) is 2.42. The topological polar surface area (TPSA) is 124 Å². The van der Waals surface area contributed by atoms with Gasteiger partial charge in [-0.1, -0.05) is 92.5 Å². The smallest absolute Gasteiger partial charge is 0.327 e. The third-order valence-corrected chi connectivity index (χ3v) is 8.89. The van der Waals surface area contributed by atoms with Crippen LogP contribution in [-0.4, -0.2) is 60.6 Å². The number of methoxy groups -OCH3 is 2. The Morgan fingerprint density at radius 2 is 0.940 bits per heavy atom. The second-order valence-electron chi connectivity index (χ2n) is 10.6. The van der Waals surface area contributed by atoms with Gasteiger partial charge in [-0.15, -0.1) is 0 Å². The Hall–Kier alpha value is -4.68. The number of Topliss-reactive ketones (excluding diaryl/α,β-unsaturated/α-hetero) is 2. The second kappa shape index (κ2) is 18.4. The average molecular weight is 813 g/mol. The molecule has 4 aromatic rings. The maximum Gasteiger partial charge on any atom is 0.327 e. The zero-order chi connectivity index (χ0) is 36.2. The number of rotatable bonds is 17. The van der Waals surface area contributed by atoms with E-state index in [0.29, 0.717) is 0 Å². The van der Waals surface area contributed by atoms with Gasteiger partial charge < -0.3 is 28.4 Å². The fraction of sp³-hybridized carbons (Fsp3) is 0.263. The largest absolute Gasteiger partial charge is 0.493 e. The predicted octanol–water partition coefficient (Wildman–Crippen LogP) is 7.55. The molecule has 10 nitrogen and oxygen atoms in total. The lowest BCUT2D eigenvalue weighted by Gasteiger charge is -2.22. The predicted molar refractivity (Wildman–Crippen MR) is 194 cm³/mol. The summed E-state index contributed by atoms with van der Waals surface area (Å²) in [7, 11) is 2.84. The summed E-state index contributed by atoms with van der Waals surface area (Å²) < 4.78 is 34.4. The van der Waals surface area contributed by atoms with Crippen LogP contribution in [0.15, 0.2) is 84.9 Å². The molecule has 0 radical (unpaired) electrons. The van der Waals surface area contributed by atoms with E-state index < -0.39 is 33.2 Å². The summed E-state index contributed by atoms with van der Waals surface area (Å²) in [6.07, 6.45) is 0. The molecule has 0 spiro atoms. The van der Waals surface area contributed by atoms with Crippen LogP contribution in [0, 0.1) is 0 Å². The molecule has 0 aliphatic rings. The molecular weight excluding hydrogens is 776 g/mol. The number of hydrogen-bond donors (Lipinski definition) is 0. The van der Waals surface area contributed by atoms with Crippen molar-refractivity contribution in [3.63, 3.8) is 0 Å². The van der Waals surface area contributed by atoms with Gasteiger partial charge in [0.2, 0.25) is 0 Å². The van der Waals surface area contributed by atoms with Gasteiger partial charge in [0.15, 0.2) is 44.2 Å². The van der Waals surface area contributed by atoms with E-state index in [0.717, 1.165) is 11.1 Å². The van der Waals surface area contributed by atoms with E-state index in [9.17, 15) is 19.2 Å². The van der Waals surface area contributed by atoms with Crippen LogP contribution in [0.2, 0.25) is 0 Å². The Kier molecular flexibility index (Phi) is 14.0. The summed E-state index contributed by atoms with van der Waals surface area (Å²) in [5, 5.41) is 0. The molecule has 0 saturated heterocycles. The maximum atomic E-state index is 13.7. The molecular formula is C38H36Br2O10. The SMILES string of the molecule is CCOC(=O)C(Br)C(=O)c1cc(OC)c(OCc2ccccc2)c(-c2cc(C(=O)C(Br)C(=O)OCC)cc(OC)c2OCc2ccccc2)c1. The van der Waals surface area contributed by atoms with E-state index in [4.69, 9.17) is 28.4 Å². The van der Waals surface area contributed by atoms with Crippen LogP contribution in [0.5, 0.6) is 23.0 Å². The van der Waals surface area contributed by atoms with Gasteiger partial charge in [-0.3, -0.25) is 19.2 Å². The van der Waals surface area contributed by atoms with Gasteiger partial charge in [0.25, 0.3) is 0 Å². The van der Waals surface area contributed by atoms with Crippen molar-refractivity contribution in [2.75, 3.05) is 27.4 Å². The van der Waals surface area contributed by atoms with Crippen LogP contribution in [0.25, 0.3) is 11.1 Å². The van der Waals surface area contributed by atoms with E-state index in [2.05, 4.69) is 31.9 Å². The quantitative estimate of drug-likeness (QED) is 0.0457. The Morgan fingerprint density at radius 1 is 0.580 bits per heavy atom. The van der Waals surface area contributed by atoms with Crippen molar-refractivity contribution >= 4 is 55.4 Å². The first-order valence-electron chi connectivity index (χ1n) is 15.6. The molecule has 2 unspecified atom stereocenters. The monoisotopic (exact) mass is 810 g/mol. The van der Waals surface area contributed by atoms with Crippen LogP contribution >= 0.6 is 31.9 Å². The number of alkyl halides is 2. The van der Waals surface area contributed by atoms with E-state index in [-0.39, 0.29) is 71.7 Å². The summed E-state index contributed by atoms with van der Waals surface area (Å²) in [5.74, 6) is -1.96. The second-order valence-corrected chi connectivity index (χ2v) is 12.4. The normalized spacial score (nSPS) is 11.9. The highest BCUT2D eigenvalue weighted by Crippen LogP contribution is 2.48. The van der Waals surface area contributed by atoms with Crippen molar-refractivity contribution in [1.29, 1.82) is 0 Å². The maximum absolute atomic E-state index is 13.7. The van der Waals surface area contributed by atoms with Crippen molar-refractivity contribution < 1.29 is 47.6 Å². The van der Waals surface area contributed by atoms with Gasteiger partial charge in [-0.05, 0) is 49.2 Å². The van der Waals surface area contributed by atoms with Gasteiger partial charge in [-0.25, -0.2) is 0 Å². The molecule has 0 saturated carbocycles. The highest BCUT2D eigenvalue weighted by Gasteiger charge is 2.32. The number of hydrogen-bond acceptors (Lipinski definition) is 10. The van der Waals surface area contributed by atoms with E-state index in [1.807, 2.05) is 60.7 Å². The summed E-state index contributed by atoms with van der Waals surface area (Å²) in [4.78, 5) is 49.9. The molecule has 4 aromatic carbocycles. The van der Waals surface area contributed by atoms with Crippen molar-refractivity contribution in [1.82, 2.24) is 0 Å². The van der Waals surface area contributed by atoms with Crippen LogP contribution in [0.3, 0.4) is 0 Å². The third-order valence-electron chi connectivity index (χ3n) is 7.31. The fourth-order valence-corrected chi connectivity index (χ4v) is 5.68. The van der Waals surface area contributed by atoms with Gasteiger partial charge in [-0.2, -0.15) is 0 Å². The molecule has 0 aromatic heterocycles. The zero-order valence-corrected chi connectivity index (χ0v) is 31.1. The van der Waals surface area contributed by atoms with Crippen LogP contribution in [0.4, 0.5) is 0 Å². The average Bonchev–Trinajstić information content (AvgIpc) is 3.15. The minimum atomic E-state index is -1.31. The van der Waals surface area contributed by atoms with Crippen molar-refractivity contribution in [2.45, 2.75) is 36.7 Å². The summed E-state index contributed by atoms with van der Waals surface area (Å²) in [6, 6.07) is 24.8. The number of ketones is 2. The zero-order valence-electron chi connectivity index (χ0n) is 27.9. The number of halogens is 2. The Balaban J connectivity index is 1.99. The van der Waals surface area contributed by atoms with Crippen LogP contribution < -0.4 is 18.9 Å². The molecule has 0 N–H and O–H groups in total. The van der Waals surface area contributed by atoms with E-state index in [1.165, 1.54) is 38.5 Å². The molecule has 0 aliphatic heterocycles. The first-order chi connectivity index (χ1) is 24.1. The molecule has 4 rings (SSSR count). The summed E-state index contributed by atoms with van der Waals surface area (Å²) in [6.45, 7) is 3.67. The fourth-order valence-electron chi connectivity index (χ4n) is 4.89. The molecule has 2 atom stereocenters. The lowest BCUT2D eigenvalue weighted by Crippen LogP contribution is -2.26.